The molecule has 31 heavy (non-hydrogen) atoms. The van der Waals surface area contributed by atoms with Gasteiger partial charge in [0.2, 0.25) is 0 Å². The van der Waals surface area contributed by atoms with Gasteiger partial charge in [-0.3, -0.25) is 4.98 Å². The number of hydrogen-bond acceptors (Lipinski definition) is 3. The van der Waals surface area contributed by atoms with Crippen LogP contribution in [0.3, 0.4) is 0 Å². The topological polar surface area (TPSA) is 42.3 Å². The second-order valence-electron chi connectivity index (χ2n) is 8.54. The zero-order chi connectivity index (χ0) is 22.1. The molecule has 1 fully saturated rings. The molecule has 0 unspecified atom stereocenters. The number of nitrogens with zero attached hydrogens (tertiary/aromatic N) is 3. The van der Waals surface area contributed by atoms with Crippen LogP contribution in [-0.2, 0) is 0 Å². The first-order valence-corrected chi connectivity index (χ1v) is 11.1. The lowest BCUT2D eigenvalue weighted by Crippen LogP contribution is -2.33. The molecule has 0 amide bonds. The molecule has 162 valence electrons. The van der Waals surface area contributed by atoms with Crippen molar-refractivity contribution in [1.29, 1.82) is 0 Å². The van der Waals surface area contributed by atoms with E-state index in [1.807, 2.05) is 30.5 Å². The molecule has 0 aliphatic carbocycles. The van der Waals surface area contributed by atoms with Crippen LogP contribution < -0.4 is 10.1 Å². The van der Waals surface area contributed by atoms with Crippen LogP contribution in [0.1, 0.15) is 48.6 Å². The highest BCUT2D eigenvalue weighted by Crippen LogP contribution is 2.41. The Kier molecular flexibility index (Phi) is 6.01. The number of methoxy groups -OCH3 is 1. The summed E-state index contributed by atoms with van der Waals surface area (Å²) in [6.07, 6.45) is 1.85. The van der Waals surface area contributed by atoms with Crippen LogP contribution in [0.5, 0.6) is 5.75 Å². The van der Waals surface area contributed by atoms with Gasteiger partial charge in [-0.15, -0.1) is 0 Å². The molecule has 0 spiro atoms. The van der Waals surface area contributed by atoms with Gasteiger partial charge in [0.1, 0.15) is 5.75 Å². The maximum absolute atomic E-state index is 5.79. The lowest BCUT2D eigenvalue weighted by molar-refractivity contribution is 0.287. The van der Waals surface area contributed by atoms with Gasteiger partial charge >= 0.3 is 0 Å². The summed E-state index contributed by atoms with van der Waals surface area (Å²) in [5.41, 5.74) is 5.76. The number of thiocarbonyl (C=S) groups is 1. The number of pyridine rings is 1. The molecule has 1 aliphatic rings. The average molecular weight is 435 g/mol. The number of aromatic nitrogens is 2. The summed E-state index contributed by atoms with van der Waals surface area (Å²) in [6.45, 7) is 9.69. The summed E-state index contributed by atoms with van der Waals surface area (Å²) in [7, 11) is 1.70. The van der Waals surface area contributed by atoms with E-state index in [1.54, 1.807) is 7.11 Å². The van der Waals surface area contributed by atoms with Crippen LogP contribution in [0, 0.1) is 19.8 Å². The normalized spacial score (nSPS) is 18.5. The zero-order valence-corrected chi connectivity index (χ0v) is 19.6. The van der Waals surface area contributed by atoms with Crippen molar-refractivity contribution >= 4 is 17.3 Å². The minimum Gasteiger partial charge on any atom is -0.497 e. The Morgan fingerprint density at radius 3 is 2.61 bits per heavy atom. The first kappa shape index (κ1) is 21.4. The molecule has 1 N–H and O–H groups in total. The summed E-state index contributed by atoms with van der Waals surface area (Å²) < 4.78 is 7.75. The Morgan fingerprint density at radius 1 is 1.13 bits per heavy atom. The van der Waals surface area contributed by atoms with Gasteiger partial charge < -0.3 is 19.5 Å². The molecule has 1 aromatic carbocycles. The van der Waals surface area contributed by atoms with E-state index < -0.39 is 0 Å². The van der Waals surface area contributed by atoms with E-state index in [4.69, 9.17) is 17.0 Å². The molecule has 0 radical (unpaired) electrons. The predicted molar refractivity (Wildman–Crippen MR) is 129 cm³/mol. The number of hydrogen-bond donors (Lipinski definition) is 1. The van der Waals surface area contributed by atoms with Crippen LogP contribution in [-0.4, -0.2) is 33.2 Å². The number of nitrogens with one attached hydrogen (secondary N) is 1. The van der Waals surface area contributed by atoms with E-state index in [0.29, 0.717) is 5.92 Å². The molecule has 2 aromatic heterocycles. The molecule has 2 atom stereocenters. The van der Waals surface area contributed by atoms with E-state index in [9.17, 15) is 0 Å². The predicted octanol–water partition coefficient (Wildman–Crippen LogP) is 5.13. The smallest absolute Gasteiger partial charge is 0.170 e. The fourth-order valence-corrected chi connectivity index (χ4v) is 4.88. The third-order valence-corrected chi connectivity index (χ3v) is 6.21. The van der Waals surface area contributed by atoms with Crippen LogP contribution in [0.15, 0.2) is 54.7 Å². The van der Waals surface area contributed by atoms with E-state index >= 15 is 0 Å². The Labute approximate surface area is 190 Å². The van der Waals surface area contributed by atoms with Crippen molar-refractivity contribution in [3.05, 3.63) is 77.4 Å². The van der Waals surface area contributed by atoms with Crippen LogP contribution >= 0.6 is 12.2 Å². The monoisotopic (exact) mass is 434 g/mol. The molecule has 0 bridgehead atoms. The van der Waals surface area contributed by atoms with Gasteiger partial charge in [-0.1, -0.05) is 26.0 Å². The maximum Gasteiger partial charge on any atom is 0.170 e. The lowest BCUT2D eigenvalue weighted by Gasteiger charge is -2.29. The summed E-state index contributed by atoms with van der Waals surface area (Å²) in [4.78, 5) is 6.98. The minimum absolute atomic E-state index is 0.00621. The van der Waals surface area contributed by atoms with E-state index in [1.165, 1.54) is 17.0 Å². The lowest BCUT2D eigenvalue weighted by atomic mass is 9.96. The second-order valence-corrected chi connectivity index (χ2v) is 8.92. The minimum atomic E-state index is 0.00621. The molecule has 3 heterocycles. The molecule has 1 aliphatic heterocycles. The van der Waals surface area contributed by atoms with Gasteiger partial charge in [0.25, 0.3) is 0 Å². The van der Waals surface area contributed by atoms with Crippen molar-refractivity contribution in [2.24, 2.45) is 5.92 Å². The third kappa shape index (κ3) is 4.04. The van der Waals surface area contributed by atoms with E-state index in [2.05, 4.69) is 71.7 Å². The number of aryl methyl sites for hydroxylation is 1. The standard InChI is InChI=1S/C25H30N4OS/c1-16(2)15-28-24(23(27-25(28)31)22-11-6-7-12-26-22)21-13-17(3)29(18(21)4)19-9-8-10-20(14-19)30-5/h6-14,16,23-24H,15H2,1-5H3,(H,27,31)/t23-,24-/m0/s1. The zero-order valence-electron chi connectivity index (χ0n) is 18.8. The molecular formula is C25H30N4OS. The van der Waals surface area contributed by atoms with Crippen molar-refractivity contribution < 1.29 is 4.74 Å². The number of ether oxygens (including phenoxy) is 1. The van der Waals surface area contributed by atoms with Crippen molar-refractivity contribution in [3.63, 3.8) is 0 Å². The van der Waals surface area contributed by atoms with Gasteiger partial charge in [0, 0.05) is 35.9 Å². The molecular weight excluding hydrogens is 404 g/mol. The van der Waals surface area contributed by atoms with Crippen molar-refractivity contribution in [2.75, 3.05) is 13.7 Å². The third-order valence-electron chi connectivity index (χ3n) is 5.86. The number of benzene rings is 1. The van der Waals surface area contributed by atoms with Gasteiger partial charge in [-0.25, -0.2) is 0 Å². The van der Waals surface area contributed by atoms with Crippen molar-refractivity contribution in [2.45, 2.75) is 39.8 Å². The van der Waals surface area contributed by atoms with Gasteiger partial charge in [-0.2, -0.15) is 0 Å². The highest BCUT2D eigenvalue weighted by Gasteiger charge is 2.41. The second kappa shape index (κ2) is 8.71. The Balaban J connectivity index is 1.83. The highest BCUT2D eigenvalue weighted by molar-refractivity contribution is 7.80. The highest BCUT2D eigenvalue weighted by atomic mass is 32.1. The first-order chi connectivity index (χ1) is 14.9. The Morgan fingerprint density at radius 2 is 1.94 bits per heavy atom. The van der Waals surface area contributed by atoms with E-state index in [0.717, 1.165) is 28.8 Å². The molecule has 3 aromatic rings. The Bertz CT molecular complexity index is 1080. The molecule has 5 nitrogen and oxygen atoms in total. The Hall–Kier alpha value is -2.86. The van der Waals surface area contributed by atoms with Crippen molar-refractivity contribution in [1.82, 2.24) is 19.8 Å². The van der Waals surface area contributed by atoms with Crippen LogP contribution in [0.25, 0.3) is 5.69 Å². The van der Waals surface area contributed by atoms with E-state index in [-0.39, 0.29) is 12.1 Å². The van der Waals surface area contributed by atoms with Crippen LogP contribution in [0.4, 0.5) is 0 Å². The summed E-state index contributed by atoms with van der Waals surface area (Å²) >= 11 is 5.79. The van der Waals surface area contributed by atoms with Crippen molar-refractivity contribution in [3.8, 4) is 11.4 Å². The van der Waals surface area contributed by atoms with Gasteiger partial charge in [0.05, 0.1) is 24.9 Å². The fraction of sp³-hybridized carbons (Fsp3) is 0.360. The summed E-state index contributed by atoms with van der Waals surface area (Å²) in [6, 6.07) is 16.6. The molecule has 1 saturated heterocycles. The number of rotatable bonds is 6. The summed E-state index contributed by atoms with van der Waals surface area (Å²) in [5, 5.41) is 4.35. The quantitative estimate of drug-likeness (QED) is 0.545. The average Bonchev–Trinajstić information content (AvgIpc) is 3.23. The molecule has 4 rings (SSSR count). The fourth-order valence-electron chi connectivity index (χ4n) is 4.57. The SMILES string of the molecule is COc1cccc(-n2c(C)cc([C@H]3[C@H](c4ccccn4)NC(=S)N3CC(C)C)c2C)c1. The van der Waals surface area contributed by atoms with Gasteiger partial charge in [0.15, 0.2) is 5.11 Å². The summed E-state index contributed by atoms with van der Waals surface area (Å²) in [5.74, 6) is 1.34. The van der Waals surface area contributed by atoms with Crippen LogP contribution in [0.2, 0.25) is 0 Å². The van der Waals surface area contributed by atoms with Gasteiger partial charge in [-0.05, 0) is 67.9 Å². The molecule has 6 heteroatoms. The largest absolute Gasteiger partial charge is 0.497 e. The maximum atomic E-state index is 5.79. The molecule has 0 saturated carbocycles. The first-order valence-electron chi connectivity index (χ1n) is 10.7.